The molecule has 2 saturated heterocycles. The predicted molar refractivity (Wildman–Crippen MR) is 192 cm³/mol. The lowest BCUT2D eigenvalue weighted by molar-refractivity contribution is -0.133. The van der Waals surface area contributed by atoms with Crippen molar-refractivity contribution >= 4 is 39.4 Å². The lowest BCUT2D eigenvalue weighted by atomic mass is 9.72. The number of thioether (sulfide) groups is 1. The Morgan fingerprint density at radius 3 is 2.21 bits per heavy atom. The van der Waals surface area contributed by atoms with Crippen LogP contribution in [0.3, 0.4) is 0 Å². The molecule has 4 N–H and O–H groups in total. The normalized spacial score (nSPS) is 24.5. The molecule has 3 aliphatic rings. The highest BCUT2D eigenvalue weighted by Gasteiger charge is 2.46. The molecule has 270 valence electrons. The summed E-state index contributed by atoms with van der Waals surface area (Å²) in [5, 5.41) is 20.8. The highest BCUT2D eigenvalue weighted by atomic mass is 32.2. The van der Waals surface area contributed by atoms with Gasteiger partial charge >= 0.3 is 6.03 Å². The van der Waals surface area contributed by atoms with E-state index in [1.807, 2.05) is 51.1 Å². The van der Waals surface area contributed by atoms with Crippen molar-refractivity contribution < 1.29 is 27.9 Å². The summed E-state index contributed by atoms with van der Waals surface area (Å²) in [5.74, 6) is 1.68. The van der Waals surface area contributed by atoms with Gasteiger partial charge < -0.3 is 26.0 Å². The number of carbonyl (C=O) groups excluding carboxylic acids is 3. The van der Waals surface area contributed by atoms with Crippen LogP contribution in [0.25, 0.3) is 0 Å². The van der Waals surface area contributed by atoms with E-state index in [4.69, 9.17) is 0 Å². The summed E-state index contributed by atoms with van der Waals surface area (Å²) < 4.78 is 24.4. The third kappa shape index (κ3) is 10.1. The van der Waals surface area contributed by atoms with Gasteiger partial charge in [-0.2, -0.15) is 11.8 Å². The molecule has 2 aliphatic heterocycles. The van der Waals surface area contributed by atoms with E-state index < -0.39 is 56.3 Å². The van der Waals surface area contributed by atoms with Gasteiger partial charge in [-0.25, -0.2) is 13.2 Å². The number of hydrogen-bond donors (Lipinski definition) is 4. The summed E-state index contributed by atoms with van der Waals surface area (Å²) in [7, 11) is -3.82. The molecule has 1 aliphatic carbocycles. The predicted octanol–water partition coefficient (Wildman–Crippen LogP) is 2.82. The van der Waals surface area contributed by atoms with Crippen LogP contribution in [-0.4, -0.2) is 120 Å². The number of amides is 4. The fourth-order valence-corrected chi connectivity index (χ4v) is 8.66. The van der Waals surface area contributed by atoms with Crippen LogP contribution in [0.15, 0.2) is 30.3 Å². The molecule has 3 fully saturated rings. The number of aliphatic hydroxyl groups is 1. The molecule has 0 bridgehead atoms. The Morgan fingerprint density at radius 1 is 0.979 bits per heavy atom. The number of nitrogens with one attached hydrogen (secondary N) is 3. The van der Waals surface area contributed by atoms with Crippen molar-refractivity contribution in [2.75, 3.05) is 43.9 Å². The summed E-state index contributed by atoms with van der Waals surface area (Å²) in [6.45, 7) is 10.6. The van der Waals surface area contributed by atoms with Crippen molar-refractivity contribution in [3.63, 3.8) is 0 Å². The molecular formula is C35H57N5O6S2. The van der Waals surface area contributed by atoms with Crippen LogP contribution in [0.1, 0.15) is 72.3 Å². The number of benzene rings is 1. The smallest absolute Gasteiger partial charge is 0.318 e. The van der Waals surface area contributed by atoms with Crippen LogP contribution >= 0.6 is 11.8 Å². The van der Waals surface area contributed by atoms with Crippen molar-refractivity contribution in [2.24, 2.45) is 11.8 Å². The first-order valence-corrected chi connectivity index (χ1v) is 20.4. The lowest BCUT2D eigenvalue weighted by Crippen LogP contribution is -2.65. The minimum atomic E-state index is -3.82. The largest absolute Gasteiger partial charge is 0.390 e. The standard InChI is InChI=1S/C35H57N5O6S2/c1-34(2,3)38-31(42)28-21-25-14-10-11-15-26(25)22-40(28)23-29(41)27(20-24-12-8-7-9-13-24)36-32(43)30(35(4,5)48(6,45)46)37-33(44)39-16-18-47-19-17-39/h7-9,12-13,25-30,41H,10-11,14-23H2,1-6H3,(H,36,43)(H,37,44)(H,38,42). The SMILES string of the molecule is CC(C)(C)NC(=O)C1CC2CCCCC2CN1CC(O)C(Cc1ccccc1)NC(=O)C(NC(=O)N1CCSCC1)C(C)(C)S(C)(=O)=O. The number of hydrogen-bond acceptors (Lipinski definition) is 8. The third-order valence-corrected chi connectivity index (χ3v) is 13.4. The number of carbonyl (C=O) groups is 3. The van der Waals surface area contributed by atoms with Crippen LogP contribution in [0.4, 0.5) is 4.79 Å². The first kappa shape index (κ1) is 38.5. The maximum Gasteiger partial charge on any atom is 0.318 e. The second-order valence-electron chi connectivity index (χ2n) is 15.5. The average molecular weight is 708 g/mol. The summed E-state index contributed by atoms with van der Waals surface area (Å²) in [6, 6.07) is 6.34. The number of urea groups is 1. The highest BCUT2D eigenvalue weighted by molar-refractivity contribution is 7.99. The van der Waals surface area contributed by atoms with Gasteiger partial charge in [0.2, 0.25) is 11.8 Å². The van der Waals surface area contributed by atoms with Crippen molar-refractivity contribution in [1.29, 1.82) is 0 Å². The number of β-amino-alcohol motifs (C(OH)–C–C–N with tert-alkyl or cyclic N) is 1. The van der Waals surface area contributed by atoms with Crippen molar-refractivity contribution in [3.05, 3.63) is 35.9 Å². The number of sulfone groups is 1. The Balaban J connectivity index is 1.60. The molecule has 4 rings (SSSR count). The highest BCUT2D eigenvalue weighted by Crippen LogP contribution is 2.39. The van der Waals surface area contributed by atoms with Gasteiger partial charge in [-0.3, -0.25) is 14.5 Å². The molecule has 0 spiro atoms. The van der Waals surface area contributed by atoms with Gasteiger partial charge in [-0.05, 0) is 71.3 Å². The van der Waals surface area contributed by atoms with Gasteiger partial charge in [0.25, 0.3) is 0 Å². The van der Waals surface area contributed by atoms with Gasteiger partial charge in [0, 0.05) is 49.5 Å². The first-order valence-electron chi connectivity index (χ1n) is 17.4. The van der Waals surface area contributed by atoms with Gasteiger partial charge in [0.05, 0.1) is 22.9 Å². The minimum Gasteiger partial charge on any atom is -0.390 e. The molecule has 0 radical (unpaired) electrons. The Morgan fingerprint density at radius 2 is 1.60 bits per heavy atom. The summed E-state index contributed by atoms with van der Waals surface area (Å²) >= 11 is 1.73. The number of piperidine rings is 1. The molecule has 6 unspecified atom stereocenters. The number of aliphatic hydroxyl groups excluding tert-OH is 1. The second kappa shape index (κ2) is 16.1. The molecule has 1 aromatic rings. The van der Waals surface area contributed by atoms with Gasteiger partial charge in [-0.15, -0.1) is 0 Å². The zero-order chi connectivity index (χ0) is 35.3. The van der Waals surface area contributed by atoms with E-state index in [1.165, 1.54) is 20.3 Å². The number of nitrogens with zero attached hydrogens (tertiary/aromatic N) is 2. The maximum atomic E-state index is 14.2. The quantitative estimate of drug-likeness (QED) is 0.275. The van der Waals surface area contributed by atoms with Gasteiger partial charge in [0.1, 0.15) is 6.04 Å². The van der Waals surface area contributed by atoms with Gasteiger partial charge in [0.15, 0.2) is 9.84 Å². The monoisotopic (exact) mass is 707 g/mol. The van der Waals surface area contributed by atoms with Gasteiger partial charge in [-0.1, -0.05) is 49.6 Å². The van der Waals surface area contributed by atoms with Crippen LogP contribution in [0.2, 0.25) is 0 Å². The van der Waals surface area contributed by atoms with Crippen LogP contribution < -0.4 is 16.0 Å². The van der Waals surface area contributed by atoms with Crippen molar-refractivity contribution in [1.82, 2.24) is 25.8 Å². The number of likely N-dealkylation sites (tertiary alicyclic amines) is 1. The second-order valence-corrected chi connectivity index (χ2v) is 19.3. The Hall–Kier alpha value is -2.35. The number of fused-ring (bicyclic) bond motifs is 1. The Bertz CT molecular complexity index is 1360. The molecule has 4 amide bonds. The lowest BCUT2D eigenvalue weighted by Gasteiger charge is -2.47. The number of rotatable bonds is 11. The molecule has 13 heteroatoms. The third-order valence-electron chi connectivity index (χ3n) is 10.3. The van der Waals surface area contributed by atoms with E-state index in [2.05, 4.69) is 20.9 Å². The van der Waals surface area contributed by atoms with E-state index >= 15 is 0 Å². The van der Waals surface area contributed by atoms with E-state index in [0.29, 0.717) is 31.5 Å². The van der Waals surface area contributed by atoms with E-state index in [9.17, 15) is 27.9 Å². The van der Waals surface area contributed by atoms with Crippen LogP contribution in [0, 0.1) is 11.8 Å². The molecule has 48 heavy (non-hydrogen) atoms. The van der Waals surface area contributed by atoms with E-state index in [-0.39, 0.29) is 18.9 Å². The molecule has 11 nitrogen and oxygen atoms in total. The maximum absolute atomic E-state index is 14.2. The molecule has 6 atom stereocenters. The summed E-state index contributed by atoms with van der Waals surface area (Å²) in [4.78, 5) is 44.8. The van der Waals surface area contributed by atoms with Crippen molar-refractivity contribution in [3.8, 4) is 0 Å². The van der Waals surface area contributed by atoms with Crippen LogP contribution in [0.5, 0.6) is 0 Å². The summed E-state index contributed by atoms with van der Waals surface area (Å²) in [5.41, 5.74) is 0.469. The summed E-state index contributed by atoms with van der Waals surface area (Å²) in [6.07, 6.45) is 5.49. The average Bonchev–Trinajstić information content (AvgIpc) is 3.02. The van der Waals surface area contributed by atoms with E-state index in [0.717, 1.165) is 49.0 Å². The zero-order valence-corrected chi connectivity index (χ0v) is 31.2. The fraction of sp³-hybridized carbons (Fsp3) is 0.743. The first-order chi connectivity index (χ1) is 22.5. The fourth-order valence-electron chi connectivity index (χ4n) is 7.16. The molecule has 1 saturated carbocycles. The molecular weight excluding hydrogens is 651 g/mol. The zero-order valence-electron chi connectivity index (χ0n) is 29.5. The minimum absolute atomic E-state index is 0.0591. The van der Waals surface area contributed by atoms with E-state index in [1.54, 1.807) is 16.7 Å². The Labute approximate surface area is 291 Å². The van der Waals surface area contributed by atoms with Crippen LogP contribution in [-0.2, 0) is 25.8 Å². The molecule has 0 aromatic heterocycles. The Kier molecular flexibility index (Phi) is 12.9. The molecule has 1 aromatic carbocycles. The molecule has 2 heterocycles. The topological polar surface area (TPSA) is 148 Å². The van der Waals surface area contributed by atoms with Crippen molar-refractivity contribution in [2.45, 2.75) is 108 Å².